The summed E-state index contributed by atoms with van der Waals surface area (Å²) in [5, 5.41) is 40.3. The van der Waals surface area contributed by atoms with E-state index in [-0.39, 0.29) is 49.3 Å². The van der Waals surface area contributed by atoms with E-state index in [9.17, 15) is 0 Å². The molecule has 5 aromatic rings. The van der Waals surface area contributed by atoms with E-state index in [1.54, 1.807) is 31.3 Å². The Morgan fingerprint density at radius 2 is 0.766 bits per heavy atom. The van der Waals surface area contributed by atoms with Crippen molar-refractivity contribution < 1.29 is 22.1 Å². The Kier molecular flexibility index (Phi) is 44.7. The number of furan rings is 5. The van der Waals surface area contributed by atoms with Gasteiger partial charge in [0.1, 0.15) is 72.0 Å². The van der Waals surface area contributed by atoms with E-state index in [1.807, 2.05) is 208 Å². The zero-order chi connectivity index (χ0) is 105. The molecule has 13 heterocycles. The first-order chi connectivity index (χ1) is 69.1. The molecular formula is C100H160N40O5. The molecule has 8 aliphatic heterocycles. The number of allylic oxidation sites excluding steroid dienone is 9. The van der Waals surface area contributed by atoms with Crippen molar-refractivity contribution in [1.82, 2.24) is 98.5 Å². The van der Waals surface area contributed by atoms with Crippen LogP contribution >= 0.6 is 0 Å². The minimum Gasteiger partial charge on any atom is -0.469 e. The van der Waals surface area contributed by atoms with Gasteiger partial charge in [-0.05, 0) is 256 Å². The van der Waals surface area contributed by atoms with Gasteiger partial charge in [-0.2, -0.15) is 15.0 Å². The molecule has 0 radical (unpaired) electrons. The van der Waals surface area contributed by atoms with Gasteiger partial charge in [-0.15, -0.1) is 0 Å². The van der Waals surface area contributed by atoms with Crippen LogP contribution in [0.15, 0.2) is 234 Å². The zero-order valence-corrected chi connectivity index (χ0v) is 89.6. The van der Waals surface area contributed by atoms with Crippen LogP contribution in [0, 0.1) is 34.6 Å². The number of aryl methyl sites for hydroxylation is 5. The summed E-state index contributed by atoms with van der Waals surface area (Å²) in [6.07, 6.45) is 32.9. The Balaban J connectivity index is 0.000000185. The number of nitrogens with two attached hydrogens (primary N) is 5. The van der Waals surface area contributed by atoms with Crippen LogP contribution in [0.1, 0.15) is 171 Å². The molecule has 8 unspecified atom stereocenters. The Morgan fingerprint density at radius 1 is 0.352 bits per heavy atom. The van der Waals surface area contributed by atoms with Crippen LogP contribution in [0.2, 0.25) is 0 Å². The Hall–Kier alpha value is -15.2. The van der Waals surface area contributed by atoms with Gasteiger partial charge in [-0.3, -0.25) is 46.6 Å². The van der Waals surface area contributed by atoms with Crippen LogP contribution in [0.4, 0.5) is 0 Å². The SMILES string of the molecule is CC1=CCC=C1CCN(C)C1=NC(C)NC(N)=N1.CC1=CCC=C1CCN=C1N=C(N)NC(C)N1.CC1=CCC=C1CCNC1=NC(N(C)C)=NC(C)N1.Cc1cc(CCN(C)C2=NC(C)N=C(N)N2)co1.Cc1cc(CCN=C2NC(N(C)C)=NC(C)N2)co1.Cc1cc(CCN=C2NC(N)=NC(C)N2)co1.Cc1occc1CCN(C)C1=NC(C)N=C(N)N1.Cc1occc1CCN=C1NC(N(C)C)=NC(C)N1. The van der Waals surface area contributed by atoms with Crippen LogP contribution < -0.4 is 97.8 Å². The summed E-state index contributed by atoms with van der Waals surface area (Å²) >= 11 is 0. The molecule has 45 heteroatoms. The van der Waals surface area contributed by atoms with Gasteiger partial charge in [0.15, 0.2) is 47.7 Å². The number of rotatable bonds is 24. The molecule has 3 aliphatic carbocycles. The van der Waals surface area contributed by atoms with Crippen molar-refractivity contribution in [3.63, 3.8) is 0 Å². The quantitative estimate of drug-likeness (QED) is 0.0292. The number of nitrogens with one attached hydrogen (secondary N) is 13. The lowest BCUT2D eigenvalue weighted by Gasteiger charge is -2.26. The predicted molar refractivity (Wildman–Crippen MR) is 589 cm³/mol. The maximum absolute atomic E-state index is 5.70. The van der Waals surface area contributed by atoms with Gasteiger partial charge in [0.05, 0.1) is 37.5 Å². The molecule has 16 rings (SSSR count). The summed E-state index contributed by atoms with van der Waals surface area (Å²) in [5.74, 6) is 15.1. The molecule has 11 aliphatic rings. The van der Waals surface area contributed by atoms with Crippen LogP contribution in [0.25, 0.3) is 0 Å². The fourth-order valence-corrected chi connectivity index (χ4v) is 15.2. The highest BCUT2D eigenvalue weighted by molar-refractivity contribution is 6.03. The minimum atomic E-state index is -0.126. The second-order valence-corrected chi connectivity index (χ2v) is 36.7. The molecule has 0 fully saturated rings. The molecule has 23 N–H and O–H groups in total. The maximum atomic E-state index is 5.70. The molecule has 0 saturated carbocycles. The van der Waals surface area contributed by atoms with Crippen molar-refractivity contribution in [2.45, 2.75) is 231 Å². The van der Waals surface area contributed by atoms with Crippen LogP contribution in [-0.4, -0.2) is 290 Å². The third kappa shape index (κ3) is 40.2. The average Bonchev–Trinajstić information content (AvgIpc) is 1.83. The molecular weight excluding hydrogens is 1840 g/mol. The molecule has 145 heavy (non-hydrogen) atoms. The number of aliphatic imine (C=N–C) groups is 16. The normalized spacial score (nSPS) is 21.4. The van der Waals surface area contributed by atoms with Gasteiger partial charge >= 0.3 is 0 Å². The number of likely N-dealkylation sites (N-methyl/N-ethyl adjacent to an activating group) is 2. The lowest BCUT2D eigenvalue weighted by atomic mass is 10.1. The topological polar surface area (TPSA) is 569 Å². The van der Waals surface area contributed by atoms with Gasteiger partial charge in [0, 0.05) is 116 Å². The lowest BCUT2D eigenvalue weighted by molar-refractivity contribution is 0.480. The van der Waals surface area contributed by atoms with Crippen molar-refractivity contribution in [1.29, 1.82) is 0 Å². The molecule has 0 saturated heterocycles. The monoisotopic (exact) mass is 2000 g/mol. The van der Waals surface area contributed by atoms with E-state index in [4.69, 9.17) is 50.8 Å². The first-order valence-corrected chi connectivity index (χ1v) is 49.4. The van der Waals surface area contributed by atoms with Gasteiger partial charge < -0.3 is 123 Å². The molecule has 0 aromatic carbocycles. The number of hydrogen-bond donors (Lipinski definition) is 18. The Labute approximate surface area is 854 Å². The summed E-state index contributed by atoms with van der Waals surface area (Å²) < 4.78 is 26.3. The third-order valence-corrected chi connectivity index (χ3v) is 23.1. The largest absolute Gasteiger partial charge is 0.469 e. The van der Waals surface area contributed by atoms with Gasteiger partial charge in [0.2, 0.25) is 47.7 Å². The summed E-state index contributed by atoms with van der Waals surface area (Å²) in [5.41, 5.74) is 42.7. The highest BCUT2D eigenvalue weighted by Crippen LogP contribution is 2.25. The molecule has 8 atom stereocenters. The maximum Gasteiger partial charge on any atom is 0.225 e. The molecule has 45 nitrogen and oxygen atoms in total. The second-order valence-electron chi connectivity index (χ2n) is 36.7. The molecule has 0 bridgehead atoms. The van der Waals surface area contributed by atoms with Crippen molar-refractivity contribution in [2.75, 3.05) is 116 Å². The van der Waals surface area contributed by atoms with Crippen molar-refractivity contribution in [2.24, 2.45) is 109 Å². The smallest absolute Gasteiger partial charge is 0.225 e. The summed E-state index contributed by atoms with van der Waals surface area (Å²) in [4.78, 5) is 81.3. The van der Waals surface area contributed by atoms with E-state index in [0.29, 0.717) is 67.3 Å². The van der Waals surface area contributed by atoms with Gasteiger partial charge in [0.25, 0.3) is 0 Å². The van der Waals surface area contributed by atoms with E-state index >= 15 is 0 Å². The Bertz CT molecular complexity index is 5770. The fraction of sp³-hybridized carbons (Fsp3) is 0.520. The van der Waals surface area contributed by atoms with E-state index in [2.05, 4.69) is 211 Å². The summed E-state index contributed by atoms with van der Waals surface area (Å²) in [7, 11) is 17.7. The summed E-state index contributed by atoms with van der Waals surface area (Å²) in [6.45, 7) is 38.2. The highest BCUT2D eigenvalue weighted by Gasteiger charge is 2.24. The lowest BCUT2D eigenvalue weighted by Crippen LogP contribution is -2.53. The van der Waals surface area contributed by atoms with Crippen molar-refractivity contribution >= 4 is 95.4 Å². The van der Waals surface area contributed by atoms with Crippen molar-refractivity contribution in [3.8, 4) is 0 Å². The average molecular weight is 2000 g/mol. The highest BCUT2D eigenvalue weighted by atomic mass is 16.3. The fourth-order valence-electron chi connectivity index (χ4n) is 15.2. The third-order valence-electron chi connectivity index (χ3n) is 23.1. The first-order valence-electron chi connectivity index (χ1n) is 49.4. The van der Waals surface area contributed by atoms with E-state index in [0.717, 1.165) is 185 Å². The minimum absolute atomic E-state index is 0.00715. The molecule has 5 aromatic heterocycles. The number of guanidine groups is 16. The first kappa shape index (κ1) is 113. The summed E-state index contributed by atoms with van der Waals surface area (Å²) in [6, 6.07) is 10.1. The predicted octanol–water partition coefficient (Wildman–Crippen LogP) is 7.12. The van der Waals surface area contributed by atoms with E-state index < -0.39 is 0 Å². The van der Waals surface area contributed by atoms with Gasteiger partial charge in [-0.1, -0.05) is 53.2 Å². The van der Waals surface area contributed by atoms with Crippen LogP contribution in [0.3, 0.4) is 0 Å². The standard InChI is InChI=1S/C14H23N5.2C13H21N5O.C13H21N5.2C12H19N5O.C12H19N5.C11H17N5O/c1-10-6-5-7-12(10)8-9-15-13-16-11(2)17-14(18-13)19(3)4;1-9-11(6-8-19-9)5-7-14-12-15-10(2)16-13(17-12)18(3)4;1-9-7-11(8-19-9)5-6-14-12-15-10(2)16-13(17-12)18(3)4;1-9-5-4-6-11(9)7-8-18(3)13-16-10(2)15-12(14)17-13;1-8-10(5-7-18-8)4-6-17(3)12-15-9(2)14-11(13)16-12;1-8-6-10(7-18-8)4-5-17(3)12-15-9(2)14-11(13)16-12;1-8-4-3-5-10(8)6-7-14-12-16-9(2)15-11(13)17-12;1-7-5-9(6-17-7)3-4-13-11-15-8(2)14-10(12)16-11/h6-7,11H,5,8-9H2,1-4H3,(H2,15,16,17,18);6,8,10H,5,7H2,1-4H3,(H2,14,15,16,17);7-8,10H,5-6H2,1-4H3,(H2,14,15,16,17);5-6,10H,4,7-8H2,1-3H3,(H3,14,15,16,17);5,7,9H,4,6H2,1-3H3,(H3,13,14,15,16);6-7,9H,4-5H2,1-3H3,(H3,13,14,15,16);4-5,9H,3,6-7H2,1-2H3,(H4,13,14,15,16,17);5-6,8H,3-4H2,1-2H3,(H4,12,13,14,15,16). The molecule has 790 valence electrons. The zero-order valence-electron chi connectivity index (χ0n) is 89.6. The van der Waals surface area contributed by atoms with Crippen molar-refractivity contribution in [3.05, 3.63) is 188 Å². The number of hydrogen-bond acceptors (Lipinski definition) is 37. The van der Waals surface area contributed by atoms with E-state index in [1.165, 1.54) is 55.7 Å². The van der Waals surface area contributed by atoms with Gasteiger partial charge in [-0.25, -0.2) is 44.9 Å². The molecule has 0 amide bonds. The van der Waals surface area contributed by atoms with Crippen LogP contribution in [-0.2, 0) is 32.1 Å². The second kappa shape index (κ2) is 57.2. The molecule has 0 spiro atoms. The Morgan fingerprint density at radius 3 is 1.20 bits per heavy atom. The number of nitrogens with zero attached hydrogens (tertiary/aromatic N) is 22. The van der Waals surface area contributed by atoms with Crippen LogP contribution in [0.5, 0.6) is 0 Å².